The molecule has 2 bridgehead atoms. The van der Waals surface area contributed by atoms with Gasteiger partial charge in [-0.2, -0.15) is 0 Å². The number of halogens is 2. The fourth-order valence-corrected chi connectivity index (χ4v) is 2.63. The van der Waals surface area contributed by atoms with Crippen molar-refractivity contribution in [2.24, 2.45) is 17.1 Å². The lowest BCUT2D eigenvalue weighted by molar-refractivity contribution is -0.0600. The summed E-state index contributed by atoms with van der Waals surface area (Å²) in [5, 5.41) is 0. The van der Waals surface area contributed by atoms with Crippen molar-refractivity contribution in [1.82, 2.24) is 0 Å². The highest BCUT2D eigenvalue weighted by molar-refractivity contribution is 5.04. The minimum absolute atomic E-state index is 0.0428. The van der Waals surface area contributed by atoms with Gasteiger partial charge in [-0.15, -0.1) is 0 Å². The maximum absolute atomic E-state index is 13.0. The summed E-state index contributed by atoms with van der Waals surface area (Å²) in [7, 11) is 0. The fourth-order valence-electron chi connectivity index (χ4n) is 2.63. The minimum Gasteiger partial charge on any atom is -0.330 e. The van der Waals surface area contributed by atoms with E-state index in [1.54, 1.807) is 0 Å². The number of nitrogens with two attached hydrogens (primary N) is 1. The summed E-state index contributed by atoms with van der Waals surface area (Å²) < 4.78 is 26.0. The van der Waals surface area contributed by atoms with Crippen LogP contribution in [0.25, 0.3) is 0 Å². The number of fused-ring (bicyclic) bond motifs is 2. The maximum Gasteiger partial charge on any atom is 0.251 e. The van der Waals surface area contributed by atoms with Crippen molar-refractivity contribution in [2.75, 3.05) is 6.54 Å². The third-order valence-corrected chi connectivity index (χ3v) is 3.34. The van der Waals surface area contributed by atoms with E-state index in [2.05, 4.69) is 0 Å². The predicted octanol–water partition coefficient (Wildman–Crippen LogP) is 1.77. The van der Waals surface area contributed by atoms with Gasteiger partial charge in [0.25, 0.3) is 5.92 Å². The Hall–Kier alpha value is -0.180. The van der Waals surface area contributed by atoms with Crippen molar-refractivity contribution in [3.8, 4) is 0 Å². The molecule has 2 N–H and O–H groups in total. The molecule has 0 aromatic carbocycles. The van der Waals surface area contributed by atoms with Crippen molar-refractivity contribution in [2.45, 2.75) is 31.6 Å². The lowest BCUT2D eigenvalue weighted by Gasteiger charge is -2.28. The summed E-state index contributed by atoms with van der Waals surface area (Å²) >= 11 is 0. The Kier molecular flexibility index (Phi) is 1.32. The van der Waals surface area contributed by atoms with Crippen LogP contribution in [0.5, 0.6) is 0 Å². The molecule has 2 atom stereocenters. The summed E-state index contributed by atoms with van der Waals surface area (Å²) in [5.41, 5.74) is 5.31. The molecule has 11 heavy (non-hydrogen) atoms. The van der Waals surface area contributed by atoms with Crippen LogP contribution in [-0.2, 0) is 0 Å². The van der Waals surface area contributed by atoms with E-state index in [9.17, 15) is 8.78 Å². The maximum atomic E-state index is 13.0. The van der Waals surface area contributed by atoms with Crippen LogP contribution < -0.4 is 5.73 Å². The van der Waals surface area contributed by atoms with Crippen LogP contribution in [0.3, 0.4) is 0 Å². The average Bonchev–Trinajstić information content (AvgIpc) is 2.42. The van der Waals surface area contributed by atoms with Crippen molar-refractivity contribution >= 4 is 0 Å². The molecule has 0 aliphatic heterocycles. The Morgan fingerprint density at radius 3 is 2.45 bits per heavy atom. The topological polar surface area (TPSA) is 26.0 Å². The smallest absolute Gasteiger partial charge is 0.251 e. The van der Waals surface area contributed by atoms with Gasteiger partial charge in [-0.1, -0.05) is 0 Å². The Morgan fingerprint density at radius 1 is 1.45 bits per heavy atom. The molecule has 0 spiro atoms. The van der Waals surface area contributed by atoms with E-state index < -0.39 is 5.92 Å². The van der Waals surface area contributed by atoms with E-state index in [4.69, 9.17) is 5.73 Å². The van der Waals surface area contributed by atoms with E-state index in [0.29, 0.717) is 19.4 Å². The lowest BCUT2D eigenvalue weighted by atomic mass is 9.83. The summed E-state index contributed by atoms with van der Waals surface area (Å²) in [4.78, 5) is 0. The summed E-state index contributed by atoms with van der Waals surface area (Å²) in [6.07, 6.45) is 2.31. The second-order valence-electron chi connectivity index (χ2n) is 4.08. The molecule has 3 heteroatoms. The first-order chi connectivity index (χ1) is 5.08. The highest BCUT2D eigenvalue weighted by atomic mass is 19.3. The Bertz CT molecular complexity index is 181. The monoisotopic (exact) mass is 161 g/mol. The largest absolute Gasteiger partial charge is 0.330 e. The number of hydrogen-bond donors (Lipinski definition) is 1. The van der Waals surface area contributed by atoms with Gasteiger partial charge in [-0.05, 0) is 31.2 Å². The van der Waals surface area contributed by atoms with Crippen molar-refractivity contribution in [1.29, 1.82) is 0 Å². The second-order valence-corrected chi connectivity index (χ2v) is 4.08. The van der Waals surface area contributed by atoms with Gasteiger partial charge in [0, 0.05) is 12.3 Å². The molecule has 2 fully saturated rings. The van der Waals surface area contributed by atoms with E-state index in [-0.39, 0.29) is 17.8 Å². The molecule has 64 valence electrons. The van der Waals surface area contributed by atoms with E-state index in [1.165, 1.54) is 0 Å². The number of alkyl halides is 2. The van der Waals surface area contributed by atoms with Crippen molar-refractivity contribution in [3.63, 3.8) is 0 Å². The highest BCUT2D eigenvalue weighted by Crippen LogP contribution is 2.60. The van der Waals surface area contributed by atoms with E-state index in [1.807, 2.05) is 0 Å². The molecule has 2 aliphatic rings. The Balaban J connectivity index is 2.21. The van der Waals surface area contributed by atoms with Crippen LogP contribution in [-0.4, -0.2) is 12.5 Å². The quantitative estimate of drug-likeness (QED) is 0.623. The lowest BCUT2D eigenvalue weighted by Crippen LogP contribution is -2.32. The molecule has 2 saturated carbocycles. The normalized spacial score (nSPS) is 46.6. The molecule has 0 radical (unpaired) electrons. The molecule has 0 aromatic rings. The molecule has 0 saturated heterocycles. The third kappa shape index (κ3) is 0.901. The first-order valence-corrected chi connectivity index (χ1v) is 4.16. The van der Waals surface area contributed by atoms with Crippen LogP contribution in [0.15, 0.2) is 0 Å². The molecular formula is C8H13F2N. The van der Waals surface area contributed by atoms with Crippen molar-refractivity contribution in [3.05, 3.63) is 0 Å². The van der Waals surface area contributed by atoms with Crippen LogP contribution in [0.1, 0.15) is 25.7 Å². The van der Waals surface area contributed by atoms with Gasteiger partial charge in [0.2, 0.25) is 0 Å². The summed E-state index contributed by atoms with van der Waals surface area (Å²) in [5.74, 6) is -2.76. The summed E-state index contributed by atoms with van der Waals surface area (Å²) in [6, 6.07) is 0. The fraction of sp³-hybridized carbons (Fsp3) is 1.00. The SMILES string of the molecule is NCC12CCC(C1)C(F)(F)C2. The van der Waals surface area contributed by atoms with Gasteiger partial charge in [0.15, 0.2) is 0 Å². The van der Waals surface area contributed by atoms with Gasteiger partial charge in [0.05, 0.1) is 0 Å². The molecule has 2 rings (SSSR count). The number of hydrogen-bond acceptors (Lipinski definition) is 1. The Labute approximate surface area is 65.0 Å². The van der Waals surface area contributed by atoms with Crippen LogP contribution in [0.4, 0.5) is 8.78 Å². The highest BCUT2D eigenvalue weighted by Gasteiger charge is 2.59. The van der Waals surface area contributed by atoms with Crippen LogP contribution in [0, 0.1) is 11.3 Å². The molecule has 0 aromatic heterocycles. The molecule has 2 aliphatic carbocycles. The van der Waals surface area contributed by atoms with Gasteiger partial charge in [0.1, 0.15) is 0 Å². The van der Waals surface area contributed by atoms with E-state index in [0.717, 1.165) is 6.42 Å². The first-order valence-electron chi connectivity index (χ1n) is 4.16. The average molecular weight is 161 g/mol. The molecule has 1 nitrogen and oxygen atoms in total. The van der Waals surface area contributed by atoms with Gasteiger partial charge < -0.3 is 5.73 Å². The predicted molar refractivity (Wildman–Crippen MR) is 38.4 cm³/mol. The van der Waals surface area contributed by atoms with Gasteiger partial charge in [-0.25, -0.2) is 8.78 Å². The second kappa shape index (κ2) is 1.94. The zero-order valence-corrected chi connectivity index (χ0v) is 6.45. The first kappa shape index (κ1) is 7.47. The summed E-state index contributed by atoms with van der Waals surface area (Å²) in [6.45, 7) is 0.444. The number of rotatable bonds is 1. The Morgan fingerprint density at radius 2 is 2.18 bits per heavy atom. The van der Waals surface area contributed by atoms with Crippen LogP contribution >= 0.6 is 0 Å². The van der Waals surface area contributed by atoms with Crippen LogP contribution in [0.2, 0.25) is 0 Å². The zero-order chi connectivity index (χ0) is 8.11. The van der Waals surface area contributed by atoms with E-state index >= 15 is 0 Å². The molecule has 0 heterocycles. The molecule has 2 unspecified atom stereocenters. The third-order valence-electron chi connectivity index (χ3n) is 3.34. The van der Waals surface area contributed by atoms with Crippen molar-refractivity contribution < 1.29 is 8.78 Å². The van der Waals surface area contributed by atoms with Gasteiger partial charge in [-0.3, -0.25) is 0 Å². The molecular weight excluding hydrogens is 148 g/mol. The minimum atomic E-state index is -2.41. The van der Waals surface area contributed by atoms with Gasteiger partial charge >= 0.3 is 0 Å². The zero-order valence-electron chi connectivity index (χ0n) is 6.45. The molecule has 0 amide bonds. The standard InChI is InChI=1S/C8H13F2N/c9-8(10)4-7(5-11)2-1-6(8)3-7/h6H,1-5,11H2.